The van der Waals surface area contributed by atoms with E-state index in [1.54, 1.807) is 33.2 Å². The predicted octanol–water partition coefficient (Wildman–Crippen LogP) is 4.62. The van der Waals surface area contributed by atoms with Gasteiger partial charge in [0.05, 0.1) is 29.4 Å². The van der Waals surface area contributed by atoms with Crippen molar-refractivity contribution in [2.45, 2.75) is 58.2 Å². The van der Waals surface area contributed by atoms with E-state index < -0.39 is 23.4 Å². The van der Waals surface area contributed by atoms with Crippen LogP contribution < -0.4 is 4.90 Å². The quantitative estimate of drug-likeness (QED) is 0.548. The van der Waals surface area contributed by atoms with Gasteiger partial charge in [0.25, 0.3) is 0 Å². The van der Waals surface area contributed by atoms with Crippen molar-refractivity contribution in [1.29, 1.82) is 0 Å². The van der Waals surface area contributed by atoms with Crippen LogP contribution >= 0.6 is 11.6 Å². The van der Waals surface area contributed by atoms with Crippen molar-refractivity contribution in [3.8, 4) is 0 Å². The number of esters is 2. The van der Waals surface area contributed by atoms with Crippen molar-refractivity contribution in [1.82, 2.24) is 9.97 Å². The average molecular weight is 490 g/mol. The number of carbonyl (C=O) groups is 2. The second-order valence-corrected chi connectivity index (χ2v) is 10.4. The third-order valence-electron chi connectivity index (χ3n) is 6.12. The number of ether oxygens (including phenoxy) is 2. The molecule has 0 amide bonds. The number of nitrogens with zero attached hydrogens (tertiary/aromatic N) is 3. The van der Waals surface area contributed by atoms with Crippen LogP contribution in [0, 0.1) is 17.7 Å². The van der Waals surface area contributed by atoms with Crippen LogP contribution in [0.5, 0.6) is 0 Å². The first-order chi connectivity index (χ1) is 16.1. The van der Waals surface area contributed by atoms with Crippen LogP contribution in [0.3, 0.4) is 0 Å². The van der Waals surface area contributed by atoms with E-state index in [0.717, 1.165) is 38.4 Å². The van der Waals surface area contributed by atoms with E-state index >= 15 is 0 Å². The summed E-state index contributed by atoms with van der Waals surface area (Å²) in [4.78, 5) is 35.2. The van der Waals surface area contributed by atoms with Crippen LogP contribution in [-0.2, 0) is 20.7 Å². The highest BCUT2D eigenvalue weighted by molar-refractivity contribution is 6.30. The lowest BCUT2D eigenvalue weighted by Crippen LogP contribution is -2.35. The summed E-state index contributed by atoms with van der Waals surface area (Å²) < 4.78 is 25.3. The SMILES string of the molecule is CC(C)(C)OC(=O)Cc1ccc(C(=O)O[C@@H]2C[C@@H]2C2CCN(c3ncc(Cl)cn3)CC2)cc1F. The highest BCUT2D eigenvalue weighted by Crippen LogP contribution is 2.45. The summed E-state index contributed by atoms with van der Waals surface area (Å²) in [5, 5.41) is 0.513. The molecule has 1 saturated carbocycles. The average Bonchev–Trinajstić information content (AvgIpc) is 3.53. The van der Waals surface area contributed by atoms with Crippen molar-refractivity contribution in [2.24, 2.45) is 11.8 Å². The van der Waals surface area contributed by atoms with E-state index in [-0.39, 0.29) is 23.7 Å². The summed E-state index contributed by atoms with van der Waals surface area (Å²) in [5.41, 5.74) is -0.310. The number of anilines is 1. The van der Waals surface area contributed by atoms with Gasteiger partial charge < -0.3 is 14.4 Å². The van der Waals surface area contributed by atoms with Crippen molar-refractivity contribution in [3.05, 3.63) is 52.6 Å². The first-order valence-corrected chi connectivity index (χ1v) is 11.9. The lowest BCUT2D eigenvalue weighted by Gasteiger charge is -2.32. The molecular formula is C25H29ClFN3O4. The van der Waals surface area contributed by atoms with Crippen LogP contribution in [-0.4, -0.2) is 46.7 Å². The molecule has 2 heterocycles. The van der Waals surface area contributed by atoms with E-state index in [2.05, 4.69) is 14.9 Å². The number of hydrogen-bond acceptors (Lipinski definition) is 7. The molecule has 9 heteroatoms. The fourth-order valence-electron chi connectivity index (χ4n) is 4.37. The Morgan fingerprint density at radius 2 is 1.85 bits per heavy atom. The third-order valence-corrected chi connectivity index (χ3v) is 6.31. The maximum absolute atomic E-state index is 14.5. The maximum Gasteiger partial charge on any atom is 0.338 e. The predicted molar refractivity (Wildman–Crippen MR) is 125 cm³/mol. The summed E-state index contributed by atoms with van der Waals surface area (Å²) in [5.74, 6) is -0.204. The van der Waals surface area contributed by atoms with Gasteiger partial charge in [0.2, 0.25) is 5.95 Å². The number of benzene rings is 1. The Kier molecular flexibility index (Phi) is 7.07. The van der Waals surface area contributed by atoms with Gasteiger partial charge in [-0.2, -0.15) is 0 Å². The first-order valence-electron chi connectivity index (χ1n) is 11.5. The summed E-state index contributed by atoms with van der Waals surface area (Å²) >= 11 is 5.86. The molecule has 182 valence electrons. The van der Waals surface area contributed by atoms with Gasteiger partial charge in [-0.25, -0.2) is 19.2 Å². The number of rotatable bonds is 6. The molecule has 1 saturated heterocycles. The maximum atomic E-state index is 14.5. The van der Waals surface area contributed by atoms with E-state index in [0.29, 0.717) is 22.8 Å². The number of hydrogen-bond donors (Lipinski definition) is 0. The molecule has 1 aliphatic heterocycles. The monoisotopic (exact) mass is 489 g/mol. The van der Waals surface area contributed by atoms with Crippen molar-refractivity contribution in [2.75, 3.05) is 18.0 Å². The van der Waals surface area contributed by atoms with Gasteiger partial charge in [0.1, 0.15) is 17.5 Å². The van der Waals surface area contributed by atoms with Gasteiger partial charge >= 0.3 is 11.9 Å². The van der Waals surface area contributed by atoms with Crippen molar-refractivity contribution < 1.29 is 23.5 Å². The van der Waals surface area contributed by atoms with E-state index in [9.17, 15) is 14.0 Å². The fraction of sp³-hybridized carbons (Fsp3) is 0.520. The largest absolute Gasteiger partial charge is 0.460 e. The number of aromatic nitrogens is 2. The minimum absolute atomic E-state index is 0.139. The summed E-state index contributed by atoms with van der Waals surface area (Å²) in [6.45, 7) is 6.94. The van der Waals surface area contributed by atoms with Gasteiger partial charge in [-0.15, -0.1) is 0 Å². The molecule has 2 atom stereocenters. The molecule has 0 bridgehead atoms. The topological polar surface area (TPSA) is 81.6 Å². The zero-order valence-electron chi connectivity index (χ0n) is 19.6. The molecule has 0 unspecified atom stereocenters. The molecule has 1 aliphatic carbocycles. The fourth-order valence-corrected chi connectivity index (χ4v) is 4.47. The highest BCUT2D eigenvalue weighted by Gasteiger charge is 2.46. The van der Waals surface area contributed by atoms with Gasteiger partial charge in [0, 0.05) is 19.0 Å². The molecule has 2 aliphatic rings. The standard InChI is InChI=1S/C25H29ClFN3O4/c1-25(2,3)34-22(31)11-16-4-5-17(10-20(16)27)23(32)33-21-12-19(21)15-6-8-30(9-7-15)24-28-13-18(26)14-29-24/h4-5,10,13-15,19,21H,6-9,11-12H2,1-3H3/t19-,21-/m1/s1. The van der Waals surface area contributed by atoms with Gasteiger partial charge in [-0.3, -0.25) is 4.79 Å². The Labute approximate surface area is 203 Å². The normalized spacial score (nSPS) is 20.7. The molecular weight excluding hydrogens is 461 g/mol. The molecule has 1 aromatic carbocycles. The van der Waals surface area contributed by atoms with Gasteiger partial charge in [0.15, 0.2) is 0 Å². The molecule has 4 rings (SSSR count). The zero-order chi connectivity index (χ0) is 24.5. The summed E-state index contributed by atoms with van der Waals surface area (Å²) in [6.07, 6.45) is 5.63. The molecule has 1 aromatic heterocycles. The Morgan fingerprint density at radius 3 is 2.47 bits per heavy atom. The van der Waals surface area contributed by atoms with Crippen molar-refractivity contribution in [3.63, 3.8) is 0 Å². The molecule has 34 heavy (non-hydrogen) atoms. The summed E-state index contributed by atoms with van der Waals surface area (Å²) in [7, 11) is 0. The Balaban J connectivity index is 1.25. The van der Waals surface area contributed by atoms with Crippen LogP contribution in [0.2, 0.25) is 5.02 Å². The Hall–Kier alpha value is -2.74. The molecule has 7 nitrogen and oxygen atoms in total. The highest BCUT2D eigenvalue weighted by atomic mass is 35.5. The molecule has 0 N–H and O–H groups in total. The lowest BCUT2D eigenvalue weighted by atomic mass is 9.92. The summed E-state index contributed by atoms with van der Waals surface area (Å²) in [6, 6.07) is 4.06. The van der Waals surface area contributed by atoms with Crippen LogP contribution in [0.15, 0.2) is 30.6 Å². The molecule has 2 fully saturated rings. The van der Waals surface area contributed by atoms with E-state index in [4.69, 9.17) is 21.1 Å². The smallest absolute Gasteiger partial charge is 0.338 e. The first kappa shape index (κ1) is 24.4. The minimum Gasteiger partial charge on any atom is -0.460 e. The Morgan fingerprint density at radius 1 is 1.18 bits per heavy atom. The number of piperidine rings is 1. The lowest BCUT2D eigenvalue weighted by molar-refractivity contribution is -0.153. The van der Waals surface area contributed by atoms with E-state index in [1.165, 1.54) is 12.1 Å². The number of halogens is 2. The molecule has 0 radical (unpaired) electrons. The zero-order valence-corrected chi connectivity index (χ0v) is 20.3. The van der Waals surface area contributed by atoms with Gasteiger partial charge in [-0.05, 0) is 63.6 Å². The minimum atomic E-state index is -0.641. The van der Waals surface area contributed by atoms with Crippen molar-refractivity contribution >= 4 is 29.5 Å². The van der Waals surface area contributed by atoms with Gasteiger partial charge in [-0.1, -0.05) is 17.7 Å². The Bertz CT molecular complexity index is 1050. The second kappa shape index (κ2) is 9.86. The number of carbonyl (C=O) groups excluding carboxylic acids is 2. The van der Waals surface area contributed by atoms with Crippen LogP contribution in [0.25, 0.3) is 0 Å². The third kappa shape index (κ3) is 6.23. The molecule has 2 aromatic rings. The van der Waals surface area contributed by atoms with Crippen LogP contribution in [0.4, 0.5) is 10.3 Å². The molecule has 0 spiro atoms. The van der Waals surface area contributed by atoms with Crippen LogP contribution in [0.1, 0.15) is 56.0 Å². The second-order valence-electron chi connectivity index (χ2n) is 9.94. The van der Waals surface area contributed by atoms with E-state index in [1.807, 2.05) is 0 Å².